The summed E-state index contributed by atoms with van der Waals surface area (Å²) in [5.74, 6) is 1.48. The molecular formula is C26H27N5O2. The van der Waals surface area contributed by atoms with E-state index in [1.165, 1.54) is 11.1 Å². The van der Waals surface area contributed by atoms with E-state index in [9.17, 15) is 4.79 Å². The number of amides is 1. The van der Waals surface area contributed by atoms with Gasteiger partial charge in [0.2, 0.25) is 17.6 Å². The summed E-state index contributed by atoms with van der Waals surface area (Å²) in [7, 11) is 0. The highest BCUT2D eigenvalue weighted by Gasteiger charge is 2.22. The van der Waals surface area contributed by atoms with Crippen molar-refractivity contribution in [2.45, 2.75) is 32.7 Å². The van der Waals surface area contributed by atoms with Crippen molar-refractivity contribution in [3.8, 4) is 11.4 Å². The first-order valence-electron chi connectivity index (χ1n) is 10.9. The van der Waals surface area contributed by atoms with Crippen molar-refractivity contribution >= 4 is 11.7 Å². The zero-order valence-corrected chi connectivity index (χ0v) is 18.9. The lowest BCUT2D eigenvalue weighted by molar-refractivity contribution is -0.118. The smallest absolute Gasteiger partial charge is 0.247 e. The van der Waals surface area contributed by atoms with E-state index in [0.29, 0.717) is 24.1 Å². The molecule has 2 aromatic carbocycles. The van der Waals surface area contributed by atoms with E-state index in [0.717, 1.165) is 11.1 Å². The summed E-state index contributed by atoms with van der Waals surface area (Å²) in [6, 6.07) is 21.2. The van der Waals surface area contributed by atoms with Gasteiger partial charge in [-0.1, -0.05) is 72.2 Å². The highest BCUT2D eigenvalue weighted by atomic mass is 16.5. The molecule has 0 radical (unpaired) electrons. The molecule has 1 amide bonds. The summed E-state index contributed by atoms with van der Waals surface area (Å²) >= 11 is 0. The van der Waals surface area contributed by atoms with E-state index in [4.69, 9.17) is 4.52 Å². The zero-order valence-electron chi connectivity index (χ0n) is 18.9. The molecule has 2 aromatic heterocycles. The van der Waals surface area contributed by atoms with Crippen molar-refractivity contribution in [3.05, 3.63) is 95.5 Å². The first-order chi connectivity index (χ1) is 16.0. The Bertz CT molecular complexity index is 1190. The van der Waals surface area contributed by atoms with E-state index < -0.39 is 6.04 Å². The summed E-state index contributed by atoms with van der Waals surface area (Å²) in [5, 5.41) is 10.2. The Morgan fingerprint density at radius 1 is 0.970 bits per heavy atom. The van der Waals surface area contributed by atoms with Crippen LogP contribution >= 0.6 is 0 Å². The van der Waals surface area contributed by atoms with Crippen LogP contribution in [0.25, 0.3) is 11.4 Å². The van der Waals surface area contributed by atoms with Crippen molar-refractivity contribution < 1.29 is 9.32 Å². The fraction of sp³-hybridized carbons (Fsp3) is 0.231. The van der Waals surface area contributed by atoms with Gasteiger partial charge in [-0.15, -0.1) is 0 Å². The zero-order chi connectivity index (χ0) is 23.2. The standard InChI is InChI=1S/C26H27N5O2/c1-17-9-11-20(12-10-17)18(2)15-28-24(21-7-5-4-6-8-21)26(32)30-23-14-13-22(16-27-23)25-29-19(3)33-31-25/h4-14,16,18,24,28H,15H2,1-3H3,(H,27,30,32)/t18-,24+/m1/s1. The molecule has 2 atom stereocenters. The minimum atomic E-state index is -0.513. The van der Waals surface area contributed by atoms with Crippen molar-refractivity contribution in [1.82, 2.24) is 20.4 Å². The third-order valence-electron chi connectivity index (χ3n) is 5.47. The minimum Gasteiger partial charge on any atom is -0.339 e. The Kier molecular flexibility index (Phi) is 6.90. The Labute approximate surface area is 193 Å². The van der Waals surface area contributed by atoms with Crippen LogP contribution in [-0.2, 0) is 4.79 Å². The van der Waals surface area contributed by atoms with E-state index in [-0.39, 0.29) is 11.8 Å². The summed E-state index contributed by atoms with van der Waals surface area (Å²) in [6.45, 7) is 6.61. The lowest BCUT2D eigenvalue weighted by Crippen LogP contribution is -2.35. The van der Waals surface area contributed by atoms with Gasteiger partial charge in [0, 0.05) is 25.2 Å². The van der Waals surface area contributed by atoms with Crippen LogP contribution in [0, 0.1) is 13.8 Å². The second-order valence-corrected chi connectivity index (χ2v) is 8.12. The van der Waals surface area contributed by atoms with Gasteiger partial charge >= 0.3 is 0 Å². The number of pyridine rings is 1. The molecule has 7 heteroatoms. The van der Waals surface area contributed by atoms with Gasteiger partial charge in [-0.05, 0) is 36.1 Å². The van der Waals surface area contributed by atoms with Gasteiger partial charge in [-0.3, -0.25) is 4.79 Å². The Morgan fingerprint density at radius 2 is 1.73 bits per heavy atom. The van der Waals surface area contributed by atoms with Crippen LogP contribution in [0.1, 0.15) is 41.5 Å². The minimum absolute atomic E-state index is 0.173. The van der Waals surface area contributed by atoms with Gasteiger partial charge in [0.05, 0.1) is 0 Å². The molecule has 4 aromatic rings. The molecule has 0 aliphatic carbocycles. The number of rotatable bonds is 8. The van der Waals surface area contributed by atoms with Crippen LogP contribution in [0.3, 0.4) is 0 Å². The molecule has 0 unspecified atom stereocenters. The Balaban J connectivity index is 1.46. The van der Waals surface area contributed by atoms with E-state index in [2.05, 4.69) is 63.9 Å². The highest BCUT2D eigenvalue weighted by molar-refractivity contribution is 5.94. The second kappa shape index (κ2) is 10.2. The van der Waals surface area contributed by atoms with E-state index in [1.807, 2.05) is 30.3 Å². The molecule has 0 saturated heterocycles. The van der Waals surface area contributed by atoms with Crippen LogP contribution in [-0.4, -0.2) is 27.6 Å². The third kappa shape index (κ3) is 5.70. The van der Waals surface area contributed by atoms with Gasteiger partial charge in [-0.2, -0.15) is 4.98 Å². The maximum atomic E-state index is 13.2. The van der Waals surface area contributed by atoms with E-state index >= 15 is 0 Å². The summed E-state index contributed by atoms with van der Waals surface area (Å²) in [6.07, 6.45) is 1.62. The average Bonchev–Trinajstić information content (AvgIpc) is 3.27. The predicted octanol–water partition coefficient (Wildman–Crippen LogP) is 4.82. The molecule has 0 aliphatic rings. The molecule has 33 heavy (non-hydrogen) atoms. The molecule has 168 valence electrons. The van der Waals surface area contributed by atoms with Gasteiger partial charge < -0.3 is 15.2 Å². The second-order valence-electron chi connectivity index (χ2n) is 8.12. The molecular weight excluding hydrogens is 414 g/mol. The average molecular weight is 442 g/mol. The number of hydrogen-bond donors (Lipinski definition) is 2. The summed E-state index contributed by atoms with van der Waals surface area (Å²) in [4.78, 5) is 21.8. The van der Waals surface area contributed by atoms with Crippen LogP contribution in [0.2, 0.25) is 0 Å². The SMILES string of the molecule is Cc1ccc([C@H](C)CN[C@H](C(=O)Nc2ccc(-c3noc(C)n3)cn2)c2ccccc2)cc1. The van der Waals surface area contributed by atoms with E-state index in [1.54, 1.807) is 25.3 Å². The number of carbonyl (C=O) groups excluding carboxylic acids is 1. The van der Waals surface area contributed by atoms with Crippen molar-refractivity contribution in [2.24, 2.45) is 0 Å². The fourth-order valence-electron chi connectivity index (χ4n) is 3.53. The fourth-order valence-corrected chi connectivity index (χ4v) is 3.53. The topological polar surface area (TPSA) is 92.9 Å². The number of anilines is 1. The van der Waals surface area contributed by atoms with Crippen molar-refractivity contribution in [1.29, 1.82) is 0 Å². The maximum Gasteiger partial charge on any atom is 0.247 e. The maximum absolute atomic E-state index is 13.2. The van der Waals surface area contributed by atoms with Crippen LogP contribution in [0.15, 0.2) is 77.4 Å². The Morgan fingerprint density at radius 3 is 2.36 bits per heavy atom. The lowest BCUT2D eigenvalue weighted by Gasteiger charge is -2.21. The number of aromatic nitrogens is 3. The Hall–Kier alpha value is -3.84. The lowest BCUT2D eigenvalue weighted by atomic mass is 9.98. The molecule has 7 nitrogen and oxygen atoms in total. The van der Waals surface area contributed by atoms with Crippen LogP contribution in [0.4, 0.5) is 5.82 Å². The highest BCUT2D eigenvalue weighted by Crippen LogP contribution is 2.21. The molecule has 4 rings (SSSR count). The quantitative estimate of drug-likeness (QED) is 0.407. The number of hydrogen-bond acceptors (Lipinski definition) is 6. The van der Waals surface area contributed by atoms with Crippen LogP contribution < -0.4 is 10.6 Å². The molecule has 0 bridgehead atoms. The summed E-state index contributed by atoms with van der Waals surface area (Å²) in [5.41, 5.74) is 4.07. The third-order valence-corrected chi connectivity index (χ3v) is 5.47. The van der Waals surface area contributed by atoms with Gasteiger partial charge in [0.15, 0.2) is 0 Å². The monoisotopic (exact) mass is 441 g/mol. The van der Waals surface area contributed by atoms with Crippen molar-refractivity contribution in [3.63, 3.8) is 0 Å². The normalized spacial score (nSPS) is 12.8. The van der Waals surface area contributed by atoms with Gasteiger partial charge in [0.25, 0.3) is 0 Å². The molecule has 0 spiro atoms. The number of nitrogens with one attached hydrogen (secondary N) is 2. The number of carbonyl (C=O) groups is 1. The predicted molar refractivity (Wildman–Crippen MR) is 128 cm³/mol. The van der Waals surface area contributed by atoms with Gasteiger partial charge in [0.1, 0.15) is 11.9 Å². The largest absolute Gasteiger partial charge is 0.339 e. The molecule has 0 aliphatic heterocycles. The number of benzene rings is 2. The number of aryl methyl sites for hydroxylation is 2. The van der Waals surface area contributed by atoms with Crippen LogP contribution in [0.5, 0.6) is 0 Å². The first kappa shape index (κ1) is 22.4. The number of nitrogens with zero attached hydrogens (tertiary/aromatic N) is 3. The summed E-state index contributed by atoms with van der Waals surface area (Å²) < 4.78 is 5.01. The molecule has 2 heterocycles. The molecule has 0 saturated carbocycles. The van der Waals surface area contributed by atoms with Crippen molar-refractivity contribution in [2.75, 3.05) is 11.9 Å². The first-order valence-corrected chi connectivity index (χ1v) is 10.9. The molecule has 0 fully saturated rings. The molecule has 2 N–H and O–H groups in total. The van der Waals surface area contributed by atoms with Gasteiger partial charge in [-0.25, -0.2) is 4.98 Å².